The van der Waals surface area contributed by atoms with E-state index in [9.17, 15) is 4.79 Å². The summed E-state index contributed by atoms with van der Waals surface area (Å²) in [6, 6.07) is 10.8. The second kappa shape index (κ2) is 8.47. The number of benzene rings is 1. The van der Waals surface area contributed by atoms with Gasteiger partial charge in [-0.05, 0) is 61.5 Å². The van der Waals surface area contributed by atoms with Crippen molar-refractivity contribution in [3.63, 3.8) is 0 Å². The summed E-state index contributed by atoms with van der Waals surface area (Å²) in [5, 5.41) is 6.31. The van der Waals surface area contributed by atoms with Crippen molar-refractivity contribution in [2.75, 3.05) is 20.1 Å². The average molecular weight is 410 g/mol. The molecule has 4 rings (SSSR count). The summed E-state index contributed by atoms with van der Waals surface area (Å²) < 4.78 is 1.74. The fraction of sp³-hybridized carbons (Fsp3) is 0.409. The van der Waals surface area contributed by atoms with Crippen LogP contribution in [-0.4, -0.2) is 50.6 Å². The first kappa shape index (κ1) is 19.8. The minimum absolute atomic E-state index is 0.144. The van der Waals surface area contributed by atoms with Gasteiger partial charge < -0.3 is 4.90 Å². The van der Waals surface area contributed by atoms with Crippen molar-refractivity contribution in [3.8, 4) is 5.69 Å². The van der Waals surface area contributed by atoms with E-state index < -0.39 is 0 Å². The minimum atomic E-state index is 0.144. The lowest BCUT2D eigenvalue weighted by Crippen LogP contribution is -2.44. The molecule has 7 heteroatoms. The molecule has 0 saturated carbocycles. The third-order valence-electron chi connectivity index (χ3n) is 5.91. The quantitative estimate of drug-likeness (QED) is 0.620. The highest BCUT2D eigenvalue weighted by molar-refractivity contribution is 7.10. The Morgan fingerprint density at radius 3 is 2.79 bits per heavy atom. The van der Waals surface area contributed by atoms with Crippen LogP contribution < -0.4 is 0 Å². The van der Waals surface area contributed by atoms with E-state index in [1.54, 1.807) is 11.0 Å². The fourth-order valence-corrected chi connectivity index (χ4v) is 5.01. The van der Waals surface area contributed by atoms with Crippen LogP contribution in [0.2, 0.25) is 0 Å². The topological polar surface area (TPSA) is 54.3 Å². The normalized spacial score (nSPS) is 17.4. The Hall–Kier alpha value is -2.51. The summed E-state index contributed by atoms with van der Waals surface area (Å²) in [4.78, 5) is 22.8. The summed E-state index contributed by atoms with van der Waals surface area (Å²) >= 11 is 1.82. The molecule has 3 aromatic rings. The molecule has 6 nitrogen and oxygen atoms in total. The summed E-state index contributed by atoms with van der Waals surface area (Å²) in [6.45, 7) is 5.55. The molecule has 3 heterocycles. The second-order valence-corrected chi connectivity index (χ2v) is 8.58. The molecule has 2 aromatic heterocycles. The third-order valence-corrected chi connectivity index (χ3v) is 6.90. The molecule has 2 atom stereocenters. The molecule has 1 aliphatic rings. The van der Waals surface area contributed by atoms with E-state index >= 15 is 0 Å². The minimum Gasteiger partial charge on any atom is -0.334 e. The number of aromatic nitrogens is 3. The summed E-state index contributed by atoms with van der Waals surface area (Å²) in [5.41, 5.74) is 3.49. The van der Waals surface area contributed by atoms with Crippen molar-refractivity contribution in [1.29, 1.82) is 0 Å². The standard InChI is InChI=1S/C22H27N5OS/c1-4-20-19-10-12-29-21(19)9-11-26(20)22(28)13-25(3)16(2)17-5-7-18(8-6-17)27-15-23-14-24-27/h5-8,10,12,14-16,20H,4,9,11,13H2,1-3H3. The number of likely N-dealkylation sites (N-methyl/N-ethyl adjacent to an activating group) is 1. The molecule has 0 saturated heterocycles. The van der Waals surface area contributed by atoms with Crippen LogP contribution in [0.15, 0.2) is 48.4 Å². The molecule has 1 amide bonds. The summed E-state index contributed by atoms with van der Waals surface area (Å²) in [6.07, 6.45) is 5.14. The van der Waals surface area contributed by atoms with Gasteiger partial charge in [-0.25, -0.2) is 9.67 Å². The number of fused-ring (bicyclic) bond motifs is 1. The lowest BCUT2D eigenvalue weighted by molar-refractivity contribution is -0.135. The van der Waals surface area contributed by atoms with Crippen LogP contribution in [0.1, 0.15) is 48.4 Å². The maximum absolute atomic E-state index is 13.1. The molecule has 2 unspecified atom stereocenters. The number of nitrogens with zero attached hydrogens (tertiary/aromatic N) is 5. The first-order valence-electron chi connectivity index (χ1n) is 10.1. The van der Waals surface area contributed by atoms with E-state index in [1.165, 1.54) is 22.3 Å². The Bertz CT molecular complexity index is 950. The van der Waals surface area contributed by atoms with Gasteiger partial charge in [0.2, 0.25) is 5.91 Å². The number of thiophene rings is 1. The third kappa shape index (κ3) is 3.97. The zero-order valence-electron chi connectivity index (χ0n) is 17.2. The van der Waals surface area contributed by atoms with Crippen molar-refractivity contribution in [1.82, 2.24) is 24.6 Å². The molecule has 1 aromatic carbocycles. The highest BCUT2D eigenvalue weighted by Crippen LogP contribution is 2.35. The van der Waals surface area contributed by atoms with Gasteiger partial charge in [-0.15, -0.1) is 11.3 Å². The van der Waals surface area contributed by atoms with Crippen molar-refractivity contribution >= 4 is 17.2 Å². The highest BCUT2D eigenvalue weighted by atomic mass is 32.1. The molecule has 0 N–H and O–H groups in total. The first-order chi connectivity index (χ1) is 14.1. The zero-order valence-corrected chi connectivity index (χ0v) is 18.0. The number of hydrogen-bond donors (Lipinski definition) is 0. The molecule has 152 valence electrons. The van der Waals surface area contributed by atoms with Gasteiger partial charge in [0.05, 0.1) is 18.3 Å². The fourth-order valence-electron chi connectivity index (χ4n) is 4.08. The predicted octanol–water partition coefficient (Wildman–Crippen LogP) is 3.86. The number of hydrogen-bond acceptors (Lipinski definition) is 5. The molecular weight excluding hydrogens is 382 g/mol. The number of rotatable bonds is 6. The zero-order chi connectivity index (χ0) is 20.4. The van der Waals surface area contributed by atoms with Crippen LogP contribution in [0.5, 0.6) is 0 Å². The molecule has 29 heavy (non-hydrogen) atoms. The second-order valence-electron chi connectivity index (χ2n) is 7.58. The van der Waals surface area contributed by atoms with Gasteiger partial charge in [0.25, 0.3) is 0 Å². The van der Waals surface area contributed by atoms with Gasteiger partial charge in [0.1, 0.15) is 12.7 Å². The summed E-state index contributed by atoms with van der Waals surface area (Å²) in [7, 11) is 2.02. The van der Waals surface area contributed by atoms with Gasteiger partial charge in [-0.3, -0.25) is 9.69 Å². The first-order valence-corrected chi connectivity index (χ1v) is 11.0. The number of amides is 1. The molecular formula is C22H27N5OS. The maximum atomic E-state index is 13.1. The van der Waals surface area contributed by atoms with Crippen LogP contribution in [0.4, 0.5) is 0 Å². The Balaban J connectivity index is 1.42. The molecule has 0 fully saturated rings. The van der Waals surface area contributed by atoms with Gasteiger partial charge in [-0.1, -0.05) is 19.1 Å². The van der Waals surface area contributed by atoms with Crippen LogP contribution in [0, 0.1) is 0 Å². The highest BCUT2D eigenvalue weighted by Gasteiger charge is 2.31. The van der Waals surface area contributed by atoms with Crippen molar-refractivity contribution in [2.24, 2.45) is 0 Å². The van der Waals surface area contributed by atoms with E-state index in [2.05, 4.69) is 57.3 Å². The average Bonchev–Trinajstić information content (AvgIpc) is 3.44. The van der Waals surface area contributed by atoms with E-state index in [4.69, 9.17) is 0 Å². The van der Waals surface area contributed by atoms with Gasteiger partial charge in [0.15, 0.2) is 0 Å². The maximum Gasteiger partial charge on any atom is 0.237 e. The predicted molar refractivity (Wildman–Crippen MR) is 115 cm³/mol. The lowest BCUT2D eigenvalue weighted by Gasteiger charge is -2.37. The van der Waals surface area contributed by atoms with Gasteiger partial charge in [0, 0.05) is 17.5 Å². The Morgan fingerprint density at radius 1 is 1.31 bits per heavy atom. The number of carbonyl (C=O) groups excluding carboxylic acids is 1. The van der Waals surface area contributed by atoms with Crippen molar-refractivity contribution in [2.45, 2.75) is 38.8 Å². The summed E-state index contributed by atoms with van der Waals surface area (Å²) in [5.74, 6) is 0.210. The van der Waals surface area contributed by atoms with Crippen molar-refractivity contribution in [3.05, 3.63) is 64.4 Å². The molecule has 1 aliphatic heterocycles. The van der Waals surface area contributed by atoms with Gasteiger partial charge >= 0.3 is 0 Å². The molecule has 0 spiro atoms. The number of carbonyl (C=O) groups is 1. The van der Waals surface area contributed by atoms with Crippen molar-refractivity contribution < 1.29 is 4.79 Å². The smallest absolute Gasteiger partial charge is 0.237 e. The molecule has 0 radical (unpaired) electrons. The van der Waals surface area contributed by atoms with Gasteiger partial charge in [-0.2, -0.15) is 5.10 Å². The van der Waals surface area contributed by atoms with Crippen LogP contribution in [0.25, 0.3) is 5.69 Å². The Kier molecular flexibility index (Phi) is 5.78. The van der Waals surface area contributed by atoms with Crippen LogP contribution in [-0.2, 0) is 11.2 Å². The molecule has 0 aliphatic carbocycles. The largest absolute Gasteiger partial charge is 0.334 e. The Morgan fingerprint density at radius 2 is 2.10 bits per heavy atom. The van der Waals surface area contributed by atoms with E-state index in [0.29, 0.717) is 6.54 Å². The van der Waals surface area contributed by atoms with E-state index in [0.717, 1.165) is 25.1 Å². The van der Waals surface area contributed by atoms with E-state index in [1.807, 2.05) is 30.5 Å². The molecule has 0 bridgehead atoms. The monoisotopic (exact) mass is 409 g/mol. The lowest BCUT2D eigenvalue weighted by atomic mass is 9.97. The van der Waals surface area contributed by atoms with Crippen LogP contribution in [0.3, 0.4) is 0 Å². The van der Waals surface area contributed by atoms with Crippen LogP contribution >= 0.6 is 11.3 Å². The Labute approximate surface area is 175 Å². The van der Waals surface area contributed by atoms with E-state index in [-0.39, 0.29) is 18.0 Å². The SMILES string of the molecule is CCC1c2ccsc2CCN1C(=O)CN(C)C(C)c1ccc(-n2cncn2)cc1.